The molecular weight excluding hydrogens is 384 g/mol. The van der Waals surface area contributed by atoms with Crippen LogP contribution in [0, 0.1) is 29.6 Å². The Hall–Kier alpha value is -1.66. The second kappa shape index (κ2) is 10.6. The van der Waals surface area contributed by atoms with Crippen LogP contribution in [0.15, 0.2) is 23.8 Å². The summed E-state index contributed by atoms with van der Waals surface area (Å²) in [6.07, 6.45) is 9.64. The van der Waals surface area contributed by atoms with Gasteiger partial charge in [-0.25, -0.2) is 0 Å². The number of esters is 1. The van der Waals surface area contributed by atoms with Crippen molar-refractivity contribution in [3.05, 3.63) is 23.8 Å². The van der Waals surface area contributed by atoms with E-state index in [1.165, 1.54) is 5.57 Å². The molecule has 3 N–H and O–H groups in total. The smallest absolute Gasteiger partial charge is 0.308 e. The molecule has 170 valence electrons. The number of rotatable bonds is 10. The van der Waals surface area contributed by atoms with Crippen molar-refractivity contribution in [2.24, 2.45) is 29.6 Å². The van der Waals surface area contributed by atoms with Crippen molar-refractivity contribution in [3.63, 3.8) is 0 Å². The maximum atomic E-state index is 12.5. The molecule has 0 aromatic rings. The highest BCUT2D eigenvalue weighted by atomic mass is 16.5. The molecule has 0 amide bonds. The number of hydrogen-bond acceptors (Lipinski definition) is 5. The van der Waals surface area contributed by atoms with E-state index >= 15 is 0 Å². The molecule has 6 unspecified atom stereocenters. The van der Waals surface area contributed by atoms with E-state index in [0.29, 0.717) is 24.2 Å². The number of unbranched alkanes of at least 4 members (excludes halogenated alkanes) is 1. The molecule has 0 heterocycles. The number of carbonyl (C=O) groups excluding carboxylic acids is 1. The number of allylic oxidation sites excluding steroid dienone is 3. The van der Waals surface area contributed by atoms with Crippen LogP contribution in [-0.4, -0.2) is 39.1 Å². The predicted molar refractivity (Wildman–Crippen MR) is 114 cm³/mol. The van der Waals surface area contributed by atoms with Crippen molar-refractivity contribution >= 4 is 11.9 Å². The van der Waals surface area contributed by atoms with Gasteiger partial charge >= 0.3 is 11.9 Å². The normalized spacial score (nSPS) is 29.7. The van der Waals surface area contributed by atoms with E-state index in [4.69, 9.17) is 9.84 Å². The minimum atomic E-state index is -2.16. The monoisotopic (exact) mass is 422 g/mol. The second-order valence-corrected chi connectivity index (χ2v) is 9.37. The number of aliphatic carboxylic acids is 1. The Morgan fingerprint density at radius 1 is 1.27 bits per heavy atom. The highest BCUT2D eigenvalue weighted by molar-refractivity contribution is 5.72. The number of ether oxygens (including phenoxy) is 1. The van der Waals surface area contributed by atoms with Gasteiger partial charge in [0.25, 0.3) is 0 Å². The van der Waals surface area contributed by atoms with E-state index in [1.807, 2.05) is 13.8 Å². The Bertz CT molecular complexity index is 665. The molecule has 0 bridgehead atoms. The van der Waals surface area contributed by atoms with Gasteiger partial charge < -0.3 is 20.1 Å². The summed E-state index contributed by atoms with van der Waals surface area (Å²) in [4.78, 5) is 23.2. The van der Waals surface area contributed by atoms with Crippen LogP contribution < -0.4 is 0 Å². The molecule has 0 fully saturated rings. The third kappa shape index (κ3) is 6.67. The summed E-state index contributed by atoms with van der Waals surface area (Å²) < 4.78 is 6.01. The molecule has 6 heteroatoms. The number of carbonyl (C=O) groups is 2. The first-order valence-corrected chi connectivity index (χ1v) is 11.3. The molecule has 2 aliphatic carbocycles. The molecule has 6 atom stereocenters. The quantitative estimate of drug-likeness (QED) is 0.279. The van der Waals surface area contributed by atoms with Crippen molar-refractivity contribution in [1.82, 2.24) is 0 Å². The molecule has 0 radical (unpaired) electrons. The molecule has 0 saturated carbocycles. The van der Waals surface area contributed by atoms with E-state index in [9.17, 15) is 19.8 Å². The summed E-state index contributed by atoms with van der Waals surface area (Å²) in [7, 11) is 0. The van der Waals surface area contributed by atoms with Gasteiger partial charge in [-0.05, 0) is 49.0 Å². The minimum absolute atomic E-state index is 0.0348. The van der Waals surface area contributed by atoms with Gasteiger partial charge in [-0.15, -0.1) is 0 Å². The number of fused-ring (bicyclic) bond motifs is 1. The molecular formula is C24H38O6. The highest BCUT2D eigenvalue weighted by Gasteiger charge is 2.41. The van der Waals surface area contributed by atoms with E-state index in [-0.39, 0.29) is 30.3 Å². The maximum Gasteiger partial charge on any atom is 0.308 e. The molecule has 2 rings (SSSR count). The van der Waals surface area contributed by atoms with E-state index in [2.05, 4.69) is 32.1 Å². The molecule has 0 spiro atoms. The van der Waals surface area contributed by atoms with Crippen molar-refractivity contribution in [3.8, 4) is 0 Å². The third-order valence-electron chi connectivity index (χ3n) is 6.68. The Balaban J connectivity index is 2.06. The van der Waals surface area contributed by atoms with Gasteiger partial charge in [-0.2, -0.15) is 0 Å². The Morgan fingerprint density at radius 3 is 2.60 bits per heavy atom. The van der Waals surface area contributed by atoms with Gasteiger partial charge in [0.1, 0.15) is 6.10 Å². The zero-order valence-electron chi connectivity index (χ0n) is 18.7. The fourth-order valence-electron chi connectivity index (χ4n) is 4.77. The van der Waals surface area contributed by atoms with Crippen LogP contribution in [0.3, 0.4) is 0 Å². The van der Waals surface area contributed by atoms with Crippen molar-refractivity contribution in [2.75, 3.05) is 0 Å². The summed E-state index contributed by atoms with van der Waals surface area (Å²) in [6, 6.07) is 0. The van der Waals surface area contributed by atoms with Crippen LogP contribution in [0.25, 0.3) is 0 Å². The van der Waals surface area contributed by atoms with Crippen molar-refractivity contribution < 1.29 is 29.6 Å². The van der Waals surface area contributed by atoms with E-state index in [1.54, 1.807) is 0 Å². The van der Waals surface area contributed by atoms with Gasteiger partial charge in [0, 0.05) is 12.3 Å². The van der Waals surface area contributed by atoms with Crippen LogP contribution in [0.4, 0.5) is 0 Å². The molecule has 6 nitrogen and oxygen atoms in total. The van der Waals surface area contributed by atoms with Gasteiger partial charge in [-0.1, -0.05) is 52.3 Å². The summed E-state index contributed by atoms with van der Waals surface area (Å²) >= 11 is 0. The number of hydrogen-bond donors (Lipinski definition) is 3. The topological polar surface area (TPSA) is 104 Å². The first kappa shape index (κ1) is 24.6. The van der Waals surface area contributed by atoms with Crippen molar-refractivity contribution in [1.29, 1.82) is 0 Å². The largest absolute Gasteiger partial charge is 0.481 e. The SMILES string of the molecule is CCC(C)C(=O)OC1CC(C)C=C2C=CC(C)C(CCCCC(O)(O)CC(=O)O)C21. The van der Waals surface area contributed by atoms with E-state index in [0.717, 1.165) is 25.7 Å². The zero-order chi connectivity index (χ0) is 22.5. The first-order valence-electron chi connectivity index (χ1n) is 11.3. The number of aliphatic hydroxyl groups is 2. The Morgan fingerprint density at radius 2 is 1.97 bits per heavy atom. The standard InChI is InChI=1S/C24H38O6/c1-5-16(3)23(27)30-20-13-15(2)12-18-10-9-17(4)19(22(18)20)8-6-7-11-24(28,29)14-21(25)26/h9-10,12,15-17,19-20,22,28-29H,5-8,11,13-14H2,1-4H3,(H,25,26). The summed E-state index contributed by atoms with van der Waals surface area (Å²) in [6.45, 7) is 8.22. The summed E-state index contributed by atoms with van der Waals surface area (Å²) in [5.74, 6) is -2.48. The van der Waals surface area contributed by atoms with Crippen LogP contribution in [-0.2, 0) is 14.3 Å². The number of carboxylic acids is 1. The highest BCUT2D eigenvalue weighted by Crippen LogP contribution is 2.45. The number of carboxylic acid groups (broad SMARTS) is 1. The molecule has 0 aliphatic heterocycles. The zero-order valence-corrected chi connectivity index (χ0v) is 18.7. The summed E-state index contributed by atoms with van der Waals surface area (Å²) in [5, 5.41) is 28.4. The third-order valence-corrected chi connectivity index (χ3v) is 6.68. The van der Waals surface area contributed by atoms with Crippen LogP contribution in [0.5, 0.6) is 0 Å². The van der Waals surface area contributed by atoms with Crippen LogP contribution in [0.1, 0.15) is 72.6 Å². The Kier molecular flexibility index (Phi) is 8.68. The maximum absolute atomic E-state index is 12.5. The lowest BCUT2D eigenvalue weighted by Gasteiger charge is -2.43. The lowest BCUT2D eigenvalue weighted by molar-refractivity contribution is -0.185. The van der Waals surface area contributed by atoms with Crippen molar-refractivity contribution in [2.45, 2.75) is 84.5 Å². The lowest BCUT2D eigenvalue weighted by atomic mass is 9.65. The Labute approximate surface area is 180 Å². The van der Waals surface area contributed by atoms with Crippen LogP contribution >= 0.6 is 0 Å². The predicted octanol–water partition coefficient (Wildman–Crippen LogP) is 4.06. The van der Waals surface area contributed by atoms with Gasteiger partial charge in [-0.3, -0.25) is 9.59 Å². The molecule has 0 saturated heterocycles. The summed E-state index contributed by atoms with van der Waals surface area (Å²) in [5.41, 5.74) is 1.24. The molecule has 30 heavy (non-hydrogen) atoms. The molecule has 0 aromatic carbocycles. The van der Waals surface area contributed by atoms with E-state index < -0.39 is 18.2 Å². The minimum Gasteiger partial charge on any atom is -0.481 e. The average Bonchev–Trinajstić information content (AvgIpc) is 2.64. The van der Waals surface area contributed by atoms with Crippen LogP contribution in [0.2, 0.25) is 0 Å². The average molecular weight is 423 g/mol. The van der Waals surface area contributed by atoms with Gasteiger partial charge in [0.2, 0.25) is 0 Å². The first-order chi connectivity index (χ1) is 14.0. The lowest BCUT2D eigenvalue weighted by Crippen LogP contribution is -2.41. The molecule has 0 aromatic heterocycles. The second-order valence-electron chi connectivity index (χ2n) is 9.37. The fraction of sp³-hybridized carbons (Fsp3) is 0.750. The van der Waals surface area contributed by atoms with Gasteiger partial charge in [0.15, 0.2) is 5.79 Å². The molecule has 2 aliphatic rings. The fourth-order valence-corrected chi connectivity index (χ4v) is 4.77. The van der Waals surface area contributed by atoms with Gasteiger partial charge in [0.05, 0.1) is 12.3 Å².